The fraction of sp³-hybridized carbons (Fsp3) is 0.375. The van der Waals surface area contributed by atoms with E-state index in [1.165, 1.54) is 12.1 Å². The summed E-state index contributed by atoms with van der Waals surface area (Å²) >= 11 is 0. The fourth-order valence-corrected chi connectivity index (χ4v) is 2.16. The molecule has 0 saturated heterocycles. The molecule has 21 heavy (non-hydrogen) atoms. The molecule has 5 nitrogen and oxygen atoms in total. The highest BCUT2D eigenvalue weighted by atomic mass is 16.5. The molecule has 1 aromatic carbocycles. The monoisotopic (exact) mass is 289 g/mol. The Kier molecular flexibility index (Phi) is 4.43. The summed E-state index contributed by atoms with van der Waals surface area (Å²) in [4.78, 5) is 23.3. The molecule has 0 bridgehead atoms. The van der Waals surface area contributed by atoms with Crippen LogP contribution in [0.2, 0.25) is 0 Å². The zero-order valence-corrected chi connectivity index (χ0v) is 12.4. The number of carbonyl (C=O) groups excluding carboxylic acids is 1. The normalized spacial score (nSPS) is 12.6. The number of benzene rings is 1. The number of hydrogen-bond acceptors (Lipinski definition) is 5. The Morgan fingerprint density at radius 1 is 1.33 bits per heavy atom. The first-order valence-electron chi connectivity index (χ1n) is 6.88. The van der Waals surface area contributed by atoms with Crippen LogP contribution in [0.4, 0.5) is 0 Å². The summed E-state index contributed by atoms with van der Waals surface area (Å²) in [6.45, 7) is 5.80. The van der Waals surface area contributed by atoms with Crippen molar-refractivity contribution in [2.45, 2.75) is 33.2 Å². The molecule has 2 aromatic rings. The van der Waals surface area contributed by atoms with Gasteiger partial charge in [0.2, 0.25) is 0 Å². The van der Waals surface area contributed by atoms with Gasteiger partial charge in [0.15, 0.2) is 0 Å². The van der Waals surface area contributed by atoms with Gasteiger partial charge in [0.25, 0.3) is 0 Å². The molecular formula is C16H19NO4. The zero-order valence-electron chi connectivity index (χ0n) is 12.4. The van der Waals surface area contributed by atoms with Crippen molar-refractivity contribution in [1.29, 1.82) is 0 Å². The molecule has 2 rings (SSSR count). The number of esters is 1. The maximum absolute atomic E-state index is 11.9. The van der Waals surface area contributed by atoms with Crippen LogP contribution in [0, 0.1) is 12.8 Å². The van der Waals surface area contributed by atoms with E-state index in [0.29, 0.717) is 23.7 Å². The number of ether oxygens (including phenoxy) is 1. The summed E-state index contributed by atoms with van der Waals surface area (Å²) in [6.07, 6.45) is 0.556. The summed E-state index contributed by atoms with van der Waals surface area (Å²) < 4.78 is 10.4. The van der Waals surface area contributed by atoms with Gasteiger partial charge in [-0.15, -0.1) is 0 Å². The average molecular weight is 289 g/mol. The van der Waals surface area contributed by atoms with Gasteiger partial charge in [-0.05, 0) is 37.0 Å². The van der Waals surface area contributed by atoms with Crippen LogP contribution in [0.3, 0.4) is 0 Å². The summed E-state index contributed by atoms with van der Waals surface area (Å²) in [5, 5.41) is 0.806. The second-order valence-electron chi connectivity index (χ2n) is 5.56. The van der Waals surface area contributed by atoms with Gasteiger partial charge in [0.05, 0.1) is 0 Å². The fourth-order valence-electron chi connectivity index (χ4n) is 2.16. The number of fused-ring (bicyclic) bond motifs is 1. The third kappa shape index (κ3) is 3.70. The van der Waals surface area contributed by atoms with Crippen molar-refractivity contribution in [3.63, 3.8) is 0 Å². The van der Waals surface area contributed by atoms with Crippen molar-refractivity contribution in [3.8, 4) is 5.75 Å². The Labute approximate surface area is 122 Å². The minimum Gasteiger partial charge on any atom is -0.425 e. The molecule has 0 amide bonds. The lowest BCUT2D eigenvalue weighted by Crippen LogP contribution is -2.35. The topological polar surface area (TPSA) is 82.5 Å². The molecule has 0 aliphatic heterocycles. The number of aryl methyl sites for hydroxylation is 1. The predicted molar refractivity (Wildman–Crippen MR) is 80.3 cm³/mol. The van der Waals surface area contributed by atoms with Gasteiger partial charge in [-0.3, -0.25) is 0 Å². The molecule has 0 fully saturated rings. The Morgan fingerprint density at radius 2 is 2.05 bits per heavy atom. The van der Waals surface area contributed by atoms with Gasteiger partial charge in [-0.2, -0.15) is 0 Å². The van der Waals surface area contributed by atoms with Crippen LogP contribution in [0.25, 0.3) is 11.0 Å². The molecule has 0 aliphatic rings. The molecule has 1 aromatic heterocycles. The van der Waals surface area contributed by atoms with E-state index in [4.69, 9.17) is 14.9 Å². The highest BCUT2D eigenvalue weighted by Gasteiger charge is 2.17. The van der Waals surface area contributed by atoms with E-state index in [1.807, 2.05) is 20.8 Å². The second kappa shape index (κ2) is 6.10. The minimum atomic E-state index is -0.662. The molecule has 0 aliphatic carbocycles. The lowest BCUT2D eigenvalue weighted by Gasteiger charge is -2.13. The third-order valence-corrected chi connectivity index (χ3v) is 3.17. The van der Waals surface area contributed by atoms with Gasteiger partial charge < -0.3 is 14.9 Å². The van der Waals surface area contributed by atoms with E-state index >= 15 is 0 Å². The van der Waals surface area contributed by atoms with Gasteiger partial charge in [0, 0.05) is 17.5 Å². The first-order chi connectivity index (χ1) is 9.86. The van der Waals surface area contributed by atoms with Crippen LogP contribution in [-0.4, -0.2) is 12.0 Å². The molecule has 1 atom stereocenters. The lowest BCUT2D eigenvalue weighted by molar-refractivity contribution is -0.136. The number of nitrogens with two attached hydrogens (primary N) is 1. The SMILES string of the molecule is Cc1cc(=O)oc2cc(OC(=O)C(N)CC(C)C)ccc12. The van der Waals surface area contributed by atoms with Crippen molar-refractivity contribution < 1.29 is 13.9 Å². The molecule has 1 heterocycles. The lowest BCUT2D eigenvalue weighted by atomic mass is 10.1. The van der Waals surface area contributed by atoms with Crippen molar-refractivity contribution in [2.75, 3.05) is 0 Å². The zero-order chi connectivity index (χ0) is 15.6. The minimum absolute atomic E-state index is 0.310. The highest BCUT2D eigenvalue weighted by Crippen LogP contribution is 2.22. The van der Waals surface area contributed by atoms with Crippen LogP contribution in [0.5, 0.6) is 5.75 Å². The van der Waals surface area contributed by atoms with Crippen molar-refractivity contribution in [1.82, 2.24) is 0 Å². The quantitative estimate of drug-likeness (QED) is 0.531. The summed E-state index contributed by atoms with van der Waals surface area (Å²) in [5.41, 5.74) is 6.56. The van der Waals surface area contributed by atoms with Crippen LogP contribution < -0.4 is 16.1 Å². The predicted octanol–water partition coefficient (Wildman–Crippen LogP) is 2.38. The average Bonchev–Trinajstić information content (AvgIpc) is 2.37. The molecular weight excluding hydrogens is 270 g/mol. The summed E-state index contributed by atoms with van der Waals surface area (Å²) in [5.74, 6) is 0.142. The van der Waals surface area contributed by atoms with E-state index in [2.05, 4.69) is 0 Å². The highest BCUT2D eigenvalue weighted by molar-refractivity contribution is 5.83. The molecule has 0 saturated carbocycles. The first-order valence-corrected chi connectivity index (χ1v) is 6.88. The van der Waals surface area contributed by atoms with Gasteiger partial charge >= 0.3 is 11.6 Å². The van der Waals surface area contributed by atoms with Crippen molar-refractivity contribution >= 4 is 16.9 Å². The van der Waals surface area contributed by atoms with Crippen LogP contribution in [0.15, 0.2) is 33.5 Å². The molecule has 112 valence electrons. The molecule has 1 unspecified atom stereocenters. The summed E-state index contributed by atoms with van der Waals surface area (Å²) in [6, 6.07) is 5.71. The number of carbonyl (C=O) groups is 1. The Bertz CT molecular complexity index is 718. The van der Waals surface area contributed by atoms with E-state index < -0.39 is 17.6 Å². The first kappa shape index (κ1) is 15.3. The Morgan fingerprint density at radius 3 is 2.71 bits per heavy atom. The summed E-state index contributed by atoms with van der Waals surface area (Å²) in [7, 11) is 0. The smallest absolute Gasteiger partial charge is 0.336 e. The maximum atomic E-state index is 11.9. The van der Waals surface area contributed by atoms with E-state index in [-0.39, 0.29) is 0 Å². The molecule has 2 N–H and O–H groups in total. The maximum Gasteiger partial charge on any atom is 0.336 e. The van der Waals surface area contributed by atoms with Crippen LogP contribution in [0.1, 0.15) is 25.8 Å². The van der Waals surface area contributed by atoms with Gasteiger partial charge in [0.1, 0.15) is 17.4 Å². The standard InChI is InChI=1S/C16H19NO4/c1-9(2)6-13(17)16(19)20-11-4-5-12-10(3)7-15(18)21-14(12)8-11/h4-5,7-9,13H,6,17H2,1-3H3. The van der Waals surface area contributed by atoms with E-state index in [9.17, 15) is 9.59 Å². The van der Waals surface area contributed by atoms with Crippen LogP contribution in [-0.2, 0) is 4.79 Å². The molecule has 5 heteroatoms. The third-order valence-electron chi connectivity index (χ3n) is 3.17. The number of rotatable bonds is 4. The van der Waals surface area contributed by atoms with E-state index in [1.54, 1.807) is 12.1 Å². The number of hydrogen-bond donors (Lipinski definition) is 1. The Balaban J connectivity index is 2.23. The Hall–Kier alpha value is -2.14. The molecule has 0 spiro atoms. The second-order valence-corrected chi connectivity index (χ2v) is 5.56. The van der Waals surface area contributed by atoms with Crippen molar-refractivity contribution in [2.24, 2.45) is 11.7 Å². The van der Waals surface area contributed by atoms with Crippen molar-refractivity contribution in [3.05, 3.63) is 40.2 Å². The van der Waals surface area contributed by atoms with E-state index in [0.717, 1.165) is 10.9 Å². The van der Waals surface area contributed by atoms with Crippen LogP contribution >= 0.6 is 0 Å². The molecule has 0 radical (unpaired) electrons. The van der Waals surface area contributed by atoms with Gasteiger partial charge in [-0.1, -0.05) is 13.8 Å². The van der Waals surface area contributed by atoms with Gasteiger partial charge in [-0.25, -0.2) is 9.59 Å². The largest absolute Gasteiger partial charge is 0.425 e.